The minimum Gasteiger partial charge on any atom is -0.391 e. The van der Waals surface area contributed by atoms with E-state index in [0.717, 1.165) is 31.2 Å². The number of aliphatic hydroxyl groups is 1. The van der Waals surface area contributed by atoms with Gasteiger partial charge in [-0.25, -0.2) is 0 Å². The maximum absolute atomic E-state index is 12.3. The van der Waals surface area contributed by atoms with Crippen LogP contribution in [0, 0.1) is 5.92 Å². The zero-order valence-corrected chi connectivity index (χ0v) is 12.9. The number of carbonyl (C=O) groups excluding carboxylic acids is 1. The summed E-state index contributed by atoms with van der Waals surface area (Å²) < 4.78 is 0. The molecule has 1 aromatic carbocycles. The molecule has 2 atom stereocenters. The number of benzene rings is 1. The first-order chi connectivity index (χ1) is 10.2. The van der Waals surface area contributed by atoms with Crippen molar-refractivity contribution in [2.75, 3.05) is 0 Å². The van der Waals surface area contributed by atoms with E-state index >= 15 is 0 Å². The molecule has 21 heavy (non-hydrogen) atoms. The molecule has 2 rings (SSSR count). The molecular weight excluding hydrogens is 262 g/mol. The molecular formula is C18H27NO2. The van der Waals surface area contributed by atoms with Crippen molar-refractivity contribution in [2.45, 2.75) is 64.0 Å². The second-order valence-corrected chi connectivity index (χ2v) is 6.24. The summed E-state index contributed by atoms with van der Waals surface area (Å²) in [5.74, 6) is 0.260. The molecule has 0 aliphatic heterocycles. The highest BCUT2D eigenvalue weighted by molar-refractivity contribution is 5.78. The van der Waals surface area contributed by atoms with Gasteiger partial charge >= 0.3 is 0 Å². The van der Waals surface area contributed by atoms with E-state index in [1.54, 1.807) is 0 Å². The fraction of sp³-hybridized carbons (Fsp3) is 0.611. The summed E-state index contributed by atoms with van der Waals surface area (Å²) in [6, 6.07) is 9.70. The lowest BCUT2D eigenvalue weighted by Crippen LogP contribution is -2.44. The molecule has 0 heterocycles. The summed E-state index contributed by atoms with van der Waals surface area (Å²) in [6.45, 7) is 1.89. The third-order valence-electron chi connectivity index (χ3n) is 4.46. The fourth-order valence-electron chi connectivity index (χ4n) is 3.01. The molecule has 1 saturated carbocycles. The van der Waals surface area contributed by atoms with Crippen molar-refractivity contribution in [1.29, 1.82) is 0 Å². The van der Waals surface area contributed by atoms with Gasteiger partial charge in [-0.3, -0.25) is 4.79 Å². The molecule has 1 aromatic rings. The Morgan fingerprint density at radius 2 is 1.81 bits per heavy atom. The lowest BCUT2D eigenvalue weighted by Gasteiger charge is -2.23. The highest BCUT2D eigenvalue weighted by atomic mass is 16.3. The van der Waals surface area contributed by atoms with E-state index < -0.39 is 6.10 Å². The third kappa shape index (κ3) is 5.16. The Balaban J connectivity index is 1.82. The van der Waals surface area contributed by atoms with E-state index in [1.165, 1.54) is 12.8 Å². The first-order valence-electron chi connectivity index (χ1n) is 8.19. The predicted octanol–water partition coefficient (Wildman–Crippen LogP) is 3.07. The van der Waals surface area contributed by atoms with Gasteiger partial charge in [0.05, 0.1) is 12.1 Å². The highest BCUT2D eigenvalue weighted by Crippen LogP contribution is 2.23. The molecule has 1 amide bonds. The van der Waals surface area contributed by atoms with Crippen LogP contribution in [0.15, 0.2) is 30.3 Å². The van der Waals surface area contributed by atoms with Crippen LogP contribution in [0.5, 0.6) is 0 Å². The summed E-state index contributed by atoms with van der Waals surface area (Å²) in [5.41, 5.74) is 1.10. The molecule has 0 bridgehead atoms. The molecule has 1 fully saturated rings. The topological polar surface area (TPSA) is 49.3 Å². The average Bonchev–Trinajstić information content (AvgIpc) is 2.77. The summed E-state index contributed by atoms with van der Waals surface area (Å²) >= 11 is 0. The standard InChI is InChI=1S/C18H27NO2/c1-14(17(20)13-15-9-5-4-6-10-15)19-18(21)16-11-7-2-3-8-12-16/h4-6,9-10,14,16-17,20H,2-3,7-8,11-13H2,1H3,(H,19,21). The maximum Gasteiger partial charge on any atom is 0.223 e. The van der Waals surface area contributed by atoms with Gasteiger partial charge in [-0.2, -0.15) is 0 Å². The van der Waals surface area contributed by atoms with Gasteiger partial charge in [0.1, 0.15) is 0 Å². The second kappa shape index (κ2) is 8.18. The number of hydrogen-bond acceptors (Lipinski definition) is 2. The quantitative estimate of drug-likeness (QED) is 0.818. The molecule has 0 spiro atoms. The van der Waals surface area contributed by atoms with Crippen LogP contribution >= 0.6 is 0 Å². The number of carbonyl (C=O) groups is 1. The van der Waals surface area contributed by atoms with Gasteiger partial charge in [0.15, 0.2) is 0 Å². The molecule has 2 unspecified atom stereocenters. The smallest absolute Gasteiger partial charge is 0.223 e. The zero-order valence-electron chi connectivity index (χ0n) is 12.9. The Morgan fingerprint density at radius 1 is 1.19 bits per heavy atom. The van der Waals surface area contributed by atoms with E-state index in [4.69, 9.17) is 0 Å². The SMILES string of the molecule is CC(NC(=O)C1CCCCCC1)C(O)Cc1ccccc1. The van der Waals surface area contributed by atoms with Crippen molar-refractivity contribution >= 4 is 5.91 Å². The van der Waals surface area contributed by atoms with E-state index in [9.17, 15) is 9.90 Å². The van der Waals surface area contributed by atoms with Crippen LogP contribution in [0.1, 0.15) is 51.0 Å². The van der Waals surface area contributed by atoms with E-state index in [-0.39, 0.29) is 17.9 Å². The Bertz CT molecular complexity index is 424. The third-order valence-corrected chi connectivity index (χ3v) is 4.46. The van der Waals surface area contributed by atoms with E-state index in [1.807, 2.05) is 37.3 Å². The normalized spacial score (nSPS) is 19.5. The van der Waals surface area contributed by atoms with E-state index in [0.29, 0.717) is 6.42 Å². The van der Waals surface area contributed by atoms with Crippen LogP contribution in [0.4, 0.5) is 0 Å². The van der Waals surface area contributed by atoms with Crippen molar-refractivity contribution in [3.05, 3.63) is 35.9 Å². The van der Waals surface area contributed by atoms with Gasteiger partial charge in [0, 0.05) is 12.3 Å². The molecule has 3 heteroatoms. The molecule has 1 aliphatic carbocycles. The van der Waals surface area contributed by atoms with Crippen LogP contribution in [-0.4, -0.2) is 23.2 Å². The molecule has 0 radical (unpaired) electrons. The van der Waals surface area contributed by atoms with Gasteiger partial charge in [-0.1, -0.05) is 56.0 Å². The average molecular weight is 289 g/mol. The predicted molar refractivity (Wildman–Crippen MR) is 84.9 cm³/mol. The number of amides is 1. The Kier molecular flexibility index (Phi) is 6.24. The van der Waals surface area contributed by atoms with Crippen LogP contribution in [0.2, 0.25) is 0 Å². The fourth-order valence-corrected chi connectivity index (χ4v) is 3.01. The van der Waals surface area contributed by atoms with Crippen molar-refractivity contribution in [2.24, 2.45) is 5.92 Å². The molecule has 3 nitrogen and oxygen atoms in total. The first-order valence-corrected chi connectivity index (χ1v) is 8.19. The van der Waals surface area contributed by atoms with Crippen molar-refractivity contribution in [3.8, 4) is 0 Å². The minimum absolute atomic E-state index is 0.122. The monoisotopic (exact) mass is 289 g/mol. The summed E-state index contributed by atoms with van der Waals surface area (Å²) in [5, 5.41) is 13.3. The van der Waals surface area contributed by atoms with Gasteiger partial charge in [0.2, 0.25) is 5.91 Å². The summed E-state index contributed by atoms with van der Waals surface area (Å²) in [7, 11) is 0. The van der Waals surface area contributed by atoms with Gasteiger partial charge in [-0.15, -0.1) is 0 Å². The lowest BCUT2D eigenvalue weighted by molar-refractivity contribution is -0.126. The minimum atomic E-state index is -0.540. The second-order valence-electron chi connectivity index (χ2n) is 6.24. The summed E-state index contributed by atoms with van der Waals surface area (Å²) in [6.07, 6.45) is 6.82. The Labute approximate surface area is 127 Å². The van der Waals surface area contributed by atoms with Gasteiger partial charge in [0.25, 0.3) is 0 Å². The Morgan fingerprint density at radius 3 is 2.43 bits per heavy atom. The van der Waals surface area contributed by atoms with Crippen molar-refractivity contribution in [3.63, 3.8) is 0 Å². The van der Waals surface area contributed by atoms with Crippen LogP contribution in [-0.2, 0) is 11.2 Å². The van der Waals surface area contributed by atoms with Crippen LogP contribution in [0.3, 0.4) is 0 Å². The van der Waals surface area contributed by atoms with Gasteiger partial charge in [-0.05, 0) is 25.3 Å². The molecule has 116 valence electrons. The first kappa shape index (κ1) is 16.0. The number of aliphatic hydroxyl groups excluding tert-OH is 1. The van der Waals surface area contributed by atoms with Crippen molar-refractivity contribution < 1.29 is 9.90 Å². The van der Waals surface area contributed by atoms with Crippen LogP contribution < -0.4 is 5.32 Å². The maximum atomic E-state index is 12.3. The zero-order chi connectivity index (χ0) is 15.1. The summed E-state index contributed by atoms with van der Waals surface area (Å²) in [4.78, 5) is 12.3. The molecule has 0 aromatic heterocycles. The van der Waals surface area contributed by atoms with Crippen LogP contribution in [0.25, 0.3) is 0 Å². The Hall–Kier alpha value is -1.35. The molecule has 1 aliphatic rings. The molecule has 0 saturated heterocycles. The van der Waals surface area contributed by atoms with E-state index in [2.05, 4.69) is 5.32 Å². The number of rotatable bonds is 5. The van der Waals surface area contributed by atoms with Gasteiger partial charge < -0.3 is 10.4 Å². The number of nitrogens with one attached hydrogen (secondary N) is 1. The largest absolute Gasteiger partial charge is 0.391 e. The van der Waals surface area contributed by atoms with Crippen molar-refractivity contribution in [1.82, 2.24) is 5.32 Å². The highest BCUT2D eigenvalue weighted by Gasteiger charge is 2.23. The lowest BCUT2D eigenvalue weighted by atomic mass is 9.98. The number of hydrogen-bond donors (Lipinski definition) is 2. The molecule has 2 N–H and O–H groups in total.